The van der Waals surface area contributed by atoms with Crippen LogP contribution in [0.4, 0.5) is 5.69 Å². The van der Waals surface area contributed by atoms with Crippen LogP contribution in [0.3, 0.4) is 0 Å². The highest BCUT2D eigenvalue weighted by Crippen LogP contribution is 2.25. The van der Waals surface area contributed by atoms with E-state index in [0.29, 0.717) is 5.56 Å². The predicted octanol–water partition coefficient (Wildman–Crippen LogP) is 1.94. The minimum Gasteiger partial charge on any atom is -0.319 e. The van der Waals surface area contributed by atoms with Gasteiger partial charge in [0.1, 0.15) is 5.69 Å². The molecule has 0 saturated carbocycles. The molecule has 1 amide bonds. The summed E-state index contributed by atoms with van der Waals surface area (Å²) in [6.07, 6.45) is 1.51. The molecule has 21 heavy (non-hydrogen) atoms. The summed E-state index contributed by atoms with van der Waals surface area (Å²) in [6.45, 7) is 1.76. The number of hydrogen-bond acceptors (Lipinski definition) is 4. The Morgan fingerprint density at radius 2 is 2.05 bits per heavy atom. The van der Waals surface area contributed by atoms with Crippen molar-refractivity contribution in [2.75, 3.05) is 5.32 Å². The maximum atomic E-state index is 12.1. The zero-order valence-corrected chi connectivity index (χ0v) is 12.6. The Bertz CT molecular complexity index is 806. The SMILES string of the molecule is Cc1cccnc1C(=O)Nc1ccc(S(N)(=O)=O)cc1Cl. The summed E-state index contributed by atoms with van der Waals surface area (Å²) < 4.78 is 22.4. The standard InChI is InChI=1S/C13H12ClN3O3S/c1-8-3-2-6-16-12(8)13(18)17-11-5-4-9(7-10(11)14)21(15,19)20/h2-7H,1H3,(H,17,18)(H2,15,19,20). The van der Waals surface area contributed by atoms with Gasteiger partial charge in [-0.3, -0.25) is 9.78 Å². The van der Waals surface area contributed by atoms with E-state index in [4.69, 9.17) is 16.7 Å². The largest absolute Gasteiger partial charge is 0.319 e. The number of nitrogens with two attached hydrogens (primary N) is 1. The van der Waals surface area contributed by atoms with Gasteiger partial charge in [-0.15, -0.1) is 0 Å². The van der Waals surface area contributed by atoms with E-state index in [9.17, 15) is 13.2 Å². The maximum Gasteiger partial charge on any atom is 0.274 e. The highest BCUT2D eigenvalue weighted by atomic mass is 35.5. The molecule has 2 aromatic rings. The summed E-state index contributed by atoms with van der Waals surface area (Å²) in [7, 11) is -3.84. The molecule has 0 aliphatic carbocycles. The second-order valence-electron chi connectivity index (χ2n) is 4.31. The second-order valence-corrected chi connectivity index (χ2v) is 6.28. The van der Waals surface area contributed by atoms with Crippen LogP contribution < -0.4 is 10.5 Å². The van der Waals surface area contributed by atoms with Gasteiger partial charge in [0.15, 0.2) is 0 Å². The number of benzene rings is 1. The van der Waals surface area contributed by atoms with Gasteiger partial charge < -0.3 is 5.32 Å². The molecule has 0 bridgehead atoms. The topological polar surface area (TPSA) is 102 Å². The Balaban J connectivity index is 2.29. The molecule has 1 aromatic heterocycles. The molecule has 0 saturated heterocycles. The summed E-state index contributed by atoms with van der Waals surface area (Å²) >= 11 is 5.95. The fourth-order valence-corrected chi connectivity index (χ4v) is 2.51. The molecule has 0 unspecified atom stereocenters. The fraction of sp³-hybridized carbons (Fsp3) is 0.0769. The zero-order chi connectivity index (χ0) is 15.6. The van der Waals surface area contributed by atoms with Crippen molar-refractivity contribution in [1.29, 1.82) is 0 Å². The highest BCUT2D eigenvalue weighted by Gasteiger charge is 2.14. The van der Waals surface area contributed by atoms with Gasteiger partial charge in [0.25, 0.3) is 5.91 Å². The van der Waals surface area contributed by atoms with E-state index in [0.717, 1.165) is 0 Å². The molecule has 0 atom stereocenters. The van der Waals surface area contributed by atoms with Crippen molar-refractivity contribution in [2.45, 2.75) is 11.8 Å². The van der Waals surface area contributed by atoms with Crippen molar-refractivity contribution in [3.8, 4) is 0 Å². The number of carbonyl (C=O) groups is 1. The Kier molecular flexibility index (Phi) is 4.26. The van der Waals surface area contributed by atoms with Gasteiger partial charge in [0.05, 0.1) is 15.6 Å². The zero-order valence-electron chi connectivity index (χ0n) is 11.0. The molecule has 0 fully saturated rings. The molecule has 6 nitrogen and oxygen atoms in total. The normalized spacial score (nSPS) is 11.2. The van der Waals surface area contributed by atoms with Crippen molar-refractivity contribution in [3.05, 3.63) is 52.8 Å². The van der Waals surface area contributed by atoms with Gasteiger partial charge in [-0.05, 0) is 36.8 Å². The number of primary sulfonamides is 1. The van der Waals surface area contributed by atoms with Crippen molar-refractivity contribution >= 4 is 33.2 Å². The van der Waals surface area contributed by atoms with E-state index in [2.05, 4.69) is 10.3 Å². The van der Waals surface area contributed by atoms with Crippen LogP contribution in [0.15, 0.2) is 41.4 Å². The number of aromatic nitrogens is 1. The van der Waals surface area contributed by atoms with Crippen LogP contribution in [0, 0.1) is 6.92 Å². The number of hydrogen-bond donors (Lipinski definition) is 2. The van der Waals surface area contributed by atoms with Crippen LogP contribution in [0.1, 0.15) is 16.1 Å². The summed E-state index contributed by atoms with van der Waals surface area (Å²) in [4.78, 5) is 16.0. The quantitative estimate of drug-likeness (QED) is 0.900. The van der Waals surface area contributed by atoms with E-state index in [1.165, 1.54) is 24.4 Å². The first-order valence-corrected chi connectivity index (χ1v) is 7.77. The number of nitrogens with one attached hydrogen (secondary N) is 1. The summed E-state index contributed by atoms with van der Waals surface area (Å²) in [5, 5.41) is 7.65. The minimum absolute atomic E-state index is 0.0726. The van der Waals surface area contributed by atoms with Crippen molar-refractivity contribution < 1.29 is 13.2 Å². The Hall–Kier alpha value is -1.96. The minimum atomic E-state index is -3.84. The number of pyridine rings is 1. The fourth-order valence-electron chi connectivity index (χ4n) is 1.68. The number of aryl methyl sites for hydroxylation is 1. The highest BCUT2D eigenvalue weighted by molar-refractivity contribution is 7.89. The van der Waals surface area contributed by atoms with E-state index in [1.54, 1.807) is 19.1 Å². The molecule has 2 rings (SSSR count). The average molecular weight is 326 g/mol. The van der Waals surface area contributed by atoms with E-state index in [1.807, 2.05) is 0 Å². The van der Waals surface area contributed by atoms with Crippen molar-refractivity contribution in [1.82, 2.24) is 4.98 Å². The Labute approximate surface area is 127 Å². The molecule has 3 N–H and O–H groups in total. The predicted molar refractivity (Wildman–Crippen MR) is 79.8 cm³/mol. The van der Waals surface area contributed by atoms with E-state index < -0.39 is 15.9 Å². The molecule has 0 radical (unpaired) electrons. The van der Waals surface area contributed by atoms with E-state index >= 15 is 0 Å². The molecule has 1 aromatic carbocycles. The van der Waals surface area contributed by atoms with Crippen LogP contribution in [-0.2, 0) is 10.0 Å². The van der Waals surface area contributed by atoms with Gasteiger partial charge in [-0.2, -0.15) is 0 Å². The molecule has 8 heteroatoms. The number of sulfonamides is 1. The smallest absolute Gasteiger partial charge is 0.274 e. The first-order valence-electron chi connectivity index (χ1n) is 5.84. The summed E-state index contributed by atoms with van der Waals surface area (Å²) in [5.74, 6) is -0.432. The van der Waals surface area contributed by atoms with Gasteiger partial charge in [-0.25, -0.2) is 13.6 Å². The van der Waals surface area contributed by atoms with Crippen LogP contribution in [0.5, 0.6) is 0 Å². The van der Waals surface area contributed by atoms with Crippen LogP contribution in [-0.4, -0.2) is 19.3 Å². The Morgan fingerprint density at radius 3 is 2.62 bits per heavy atom. The average Bonchev–Trinajstić information content (AvgIpc) is 2.40. The van der Waals surface area contributed by atoms with Crippen molar-refractivity contribution in [3.63, 3.8) is 0 Å². The molecule has 1 heterocycles. The lowest BCUT2D eigenvalue weighted by molar-refractivity contribution is 0.102. The first kappa shape index (κ1) is 15.4. The van der Waals surface area contributed by atoms with Gasteiger partial charge in [0, 0.05) is 6.20 Å². The first-order chi connectivity index (χ1) is 9.79. The number of nitrogens with zero attached hydrogens (tertiary/aromatic N) is 1. The third-order valence-corrected chi connectivity index (χ3v) is 3.97. The number of anilines is 1. The van der Waals surface area contributed by atoms with Crippen LogP contribution in [0.2, 0.25) is 5.02 Å². The lowest BCUT2D eigenvalue weighted by Gasteiger charge is -2.09. The molecular formula is C13H12ClN3O3S. The number of rotatable bonds is 3. The monoisotopic (exact) mass is 325 g/mol. The second kappa shape index (κ2) is 5.80. The lowest BCUT2D eigenvalue weighted by Crippen LogP contribution is -2.16. The Morgan fingerprint density at radius 1 is 1.33 bits per heavy atom. The van der Waals surface area contributed by atoms with Crippen LogP contribution in [0.25, 0.3) is 0 Å². The maximum absolute atomic E-state index is 12.1. The van der Waals surface area contributed by atoms with Crippen molar-refractivity contribution in [2.24, 2.45) is 5.14 Å². The van der Waals surface area contributed by atoms with Gasteiger partial charge in [-0.1, -0.05) is 17.7 Å². The molecule has 0 aliphatic rings. The number of halogens is 1. The van der Waals surface area contributed by atoms with Gasteiger partial charge >= 0.3 is 0 Å². The number of amides is 1. The van der Waals surface area contributed by atoms with Gasteiger partial charge in [0.2, 0.25) is 10.0 Å². The number of carbonyl (C=O) groups excluding carboxylic acids is 1. The summed E-state index contributed by atoms with van der Waals surface area (Å²) in [6, 6.07) is 7.30. The molecule has 0 spiro atoms. The van der Waals surface area contributed by atoms with Crippen LogP contribution >= 0.6 is 11.6 Å². The third kappa shape index (κ3) is 3.57. The molecule has 0 aliphatic heterocycles. The molecular weight excluding hydrogens is 314 g/mol. The summed E-state index contributed by atoms with van der Waals surface area (Å²) in [5.41, 5.74) is 1.26. The van der Waals surface area contributed by atoms with E-state index in [-0.39, 0.29) is 21.3 Å². The third-order valence-electron chi connectivity index (χ3n) is 2.74. The lowest BCUT2D eigenvalue weighted by atomic mass is 10.2. The molecule has 110 valence electrons.